The highest BCUT2D eigenvalue weighted by Crippen LogP contribution is 2.24. The monoisotopic (exact) mass is 406 g/mol. The lowest BCUT2D eigenvalue weighted by Gasteiger charge is -2.10. The standard InChI is InChI=1S/C19H23FN4O3S/c1-4-5-14(16(21-2)11-27-9-8-26-3)17-12-28-19(23-17)24-18(25)15-7-6-13(20)10-22-15/h5-7,10,12H,4,8-9,11H2,1-3H3,(H,23,24,25)/b14-5+,21-16?. The van der Waals surface area contributed by atoms with Crippen LogP contribution < -0.4 is 5.32 Å². The topological polar surface area (TPSA) is 85.7 Å². The number of rotatable bonds is 10. The molecule has 0 saturated carbocycles. The Morgan fingerprint density at radius 1 is 1.36 bits per heavy atom. The number of carbonyl (C=O) groups excluding carboxylic acids is 1. The van der Waals surface area contributed by atoms with Gasteiger partial charge in [0, 0.05) is 25.1 Å². The maximum atomic E-state index is 12.9. The van der Waals surface area contributed by atoms with Crippen LogP contribution in [0.5, 0.6) is 0 Å². The number of allylic oxidation sites excluding steroid dienone is 1. The van der Waals surface area contributed by atoms with Gasteiger partial charge in [-0.3, -0.25) is 15.1 Å². The molecule has 0 bridgehead atoms. The van der Waals surface area contributed by atoms with Gasteiger partial charge in [-0.15, -0.1) is 11.3 Å². The lowest BCUT2D eigenvalue weighted by Crippen LogP contribution is -2.15. The number of hydrogen-bond donors (Lipinski definition) is 1. The van der Waals surface area contributed by atoms with Crippen LogP contribution in [0.3, 0.4) is 0 Å². The van der Waals surface area contributed by atoms with Gasteiger partial charge in [-0.1, -0.05) is 13.0 Å². The predicted molar refractivity (Wildman–Crippen MR) is 109 cm³/mol. The Kier molecular flexibility index (Phi) is 8.86. The fourth-order valence-electron chi connectivity index (χ4n) is 2.27. The Morgan fingerprint density at radius 2 is 2.18 bits per heavy atom. The van der Waals surface area contributed by atoms with Gasteiger partial charge in [0.2, 0.25) is 0 Å². The fourth-order valence-corrected chi connectivity index (χ4v) is 2.98. The molecule has 0 aliphatic carbocycles. The highest BCUT2D eigenvalue weighted by Gasteiger charge is 2.15. The lowest BCUT2D eigenvalue weighted by molar-refractivity contribution is 0.0904. The Bertz CT molecular complexity index is 834. The lowest BCUT2D eigenvalue weighted by atomic mass is 10.1. The third kappa shape index (κ3) is 6.29. The summed E-state index contributed by atoms with van der Waals surface area (Å²) in [6.45, 7) is 3.34. The zero-order valence-electron chi connectivity index (χ0n) is 16.1. The van der Waals surface area contributed by atoms with E-state index < -0.39 is 11.7 Å². The molecule has 7 nitrogen and oxygen atoms in total. The highest BCUT2D eigenvalue weighted by atomic mass is 32.1. The van der Waals surface area contributed by atoms with E-state index in [9.17, 15) is 9.18 Å². The second-order valence-corrected chi connectivity index (χ2v) is 6.45. The number of carbonyl (C=O) groups is 1. The van der Waals surface area contributed by atoms with E-state index in [1.54, 1.807) is 14.2 Å². The SMILES string of the molecule is CC/C=C(\C(COCCOC)=NC)c1csc(NC(=O)c2ccc(F)cn2)n1. The molecule has 0 aromatic carbocycles. The van der Waals surface area contributed by atoms with Crippen LogP contribution in [-0.2, 0) is 9.47 Å². The van der Waals surface area contributed by atoms with Crippen LogP contribution >= 0.6 is 11.3 Å². The maximum absolute atomic E-state index is 12.9. The summed E-state index contributed by atoms with van der Waals surface area (Å²) in [6.07, 6.45) is 3.81. The number of pyridine rings is 1. The molecule has 0 aliphatic rings. The van der Waals surface area contributed by atoms with E-state index in [-0.39, 0.29) is 5.69 Å². The molecule has 0 fully saturated rings. The van der Waals surface area contributed by atoms with Gasteiger partial charge < -0.3 is 9.47 Å². The van der Waals surface area contributed by atoms with Crippen LogP contribution in [0.15, 0.2) is 34.8 Å². The molecule has 9 heteroatoms. The summed E-state index contributed by atoms with van der Waals surface area (Å²) < 4.78 is 23.5. The number of nitrogens with zero attached hydrogens (tertiary/aromatic N) is 3. The molecule has 28 heavy (non-hydrogen) atoms. The summed E-state index contributed by atoms with van der Waals surface area (Å²) >= 11 is 1.29. The number of aromatic nitrogens is 2. The summed E-state index contributed by atoms with van der Waals surface area (Å²) in [4.78, 5) is 24.8. The molecule has 1 N–H and O–H groups in total. The highest BCUT2D eigenvalue weighted by molar-refractivity contribution is 7.14. The van der Waals surface area contributed by atoms with Gasteiger partial charge in [0.15, 0.2) is 5.13 Å². The third-order valence-electron chi connectivity index (χ3n) is 3.62. The number of nitrogens with one attached hydrogen (secondary N) is 1. The van der Waals surface area contributed by atoms with Crippen molar-refractivity contribution in [3.63, 3.8) is 0 Å². The number of aliphatic imine (C=N–C) groups is 1. The molecule has 0 radical (unpaired) electrons. The normalized spacial score (nSPS) is 12.3. The van der Waals surface area contributed by atoms with Crippen LogP contribution in [-0.4, -0.2) is 55.6 Å². The van der Waals surface area contributed by atoms with Crippen molar-refractivity contribution in [1.82, 2.24) is 9.97 Å². The molecule has 2 rings (SSSR count). The summed E-state index contributed by atoms with van der Waals surface area (Å²) in [7, 11) is 3.32. The van der Waals surface area contributed by atoms with E-state index in [0.29, 0.717) is 30.6 Å². The number of ether oxygens (including phenoxy) is 2. The van der Waals surface area contributed by atoms with E-state index in [4.69, 9.17) is 9.47 Å². The van der Waals surface area contributed by atoms with Crippen molar-refractivity contribution in [2.75, 3.05) is 39.3 Å². The van der Waals surface area contributed by atoms with E-state index in [1.807, 2.05) is 18.4 Å². The smallest absolute Gasteiger partial charge is 0.276 e. The van der Waals surface area contributed by atoms with Crippen LogP contribution in [0.1, 0.15) is 29.5 Å². The number of methoxy groups -OCH3 is 1. The quantitative estimate of drug-likeness (QED) is 0.482. The fraction of sp³-hybridized carbons (Fsp3) is 0.368. The minimum atomic E-state index is -0.499. The van der Waals surface area contributed by atoms with Gasteiger partial charge in [0.1, 0.15) is 11.5 Å². The van der Waals surface area contributed by atoms with Crippen LogP contribution in [0.25, 0.3) is 5.57 Å². The number of amides is 1. The number of halogens is 1. The molecule has 0 spiro atoms. The summed E-state index contributed by atoms with van der Waals surface area (Å²) in [6, 6.07) is 2.51. The molecule has 1 amide bonds. The summed E-state index contributed by atoms with van der Waals surface area (Å²) in [5.74, 6) is -0.948. The van der Waals surface area contributed by atoms with Gasteiger partial charge in [0.05, 0.1) is 37.4 Å². The van der Waals surface area contributed by atoms with Crippen molar-refractivity contribution < 1.29 is 18.7 Å². The van der Waals surface area contributed by atoms with Crippen LogP contribution in [0.4, 0.5) is 9.52 Å². The van der Waals surface area contributed by atoms with Crippen LogP contribution in [0, 0.1) is 5.82 Å². The van der Waals surface area contributed by atoms with Crippen molar-refractivity contribution >= 4 is 33.7 Å². The molecule has 0 unspecified atom stereocenters. The zero-order valence-corrected chi connectivity index (χ0v) is 16.9. The number of hydrogen-bond acceptors (Lipinski definition) is 7. The van der Waals surface area contributed by atoms with Crippen molar-refractivity contribution in [1.29, 1.82) is 0 Å². The van der Waals surface area contributed by atoms with Crippen molar-refractivity contribution in [3.8, 4) is 0 Å². The second kappa shape index (κ2) is 11.4. The average molecular weight is 406 g/mol. The van der Waals surface area contributed by atoms with E-state index in [2.05, 4.69) is 20.3 Å². The van der Waals surface area contributed by atoms with E-state index in [1.165, 1.54) is 23.5 Å². The molecule has 0 aliphatic heterocycles. The third-order valence-corrected chi connectivity index (χ3v) is 4.38. The maximum Gasteiger partial charge on any atom is 0.276 e. The Morgan fingerprint density at radius 3 is 2.82 bits per heavy atom. The molecule has 0 saturated heterocycles. The van der Waals surface area contributed by atoms with Gasteiger partial charge in [-0.05, 0) is 18.6 Å². The molecular formula is C19H23FN4O3S. The number of anilines is 1. The van der Waals surface area contributed by atoms with Crippen molar-refractivity contribution in [2.24, 2.45) is 4.99 Å². The molecular weight excluding hydrogens is 383 g/mol. The zero-order chi connectivity index (χ0) is 20.4. The minimum Gasteiger partial charge on any atom is -0.382 e. The molecule has 150 valence electrons. The number of thiazole rings is 1. The molecule has 2 aromatic heterocycles. The second-order valence-electron chi connectivity index (χ2n) is 5.60. The first-order chi connectivity index (χ1) is 13.6. The van der Waals surface area contributed by atoms with Gasteiger partial charge >= 0.3 is 0 Å². The van der Waals surface area contributed by atoms with Gasteiger partial charge in [-0.25, -0.2) is 14.4 Å². The Balaban J connectivity index is 2.10. The van der Waals surface area contributed by atoms with E-state index >= 15 is 0 Å². The van der Waals surface area contributed by atoms with Gasteiger partial charge in [-0.2, -0.15) is 0 Å². The van der Waals surface area contributed by atoms with Crippen molar-refractivity contribution in [2.45, 2.75) is 13.3 Å². The van der Waals surface area contributed by atoms with E-state index in [0.717, 1.165) is 23.9 Å². The molecule has 0 atom stereocenters. The first-order valence-electron chi connectivity index (χ1n) is 8.70. The first kappa shape index (κ1) is 21.8. The summed E-state index contributed by atoms with van der Waals surface area (Å²) in [5, 5.41) is 4.94. The van der Waals surface area contributed by atoms with Gasteiger partial charge in [0.25, 0.3) is 5.91 Å². The average Bonchev–Trinajstić information content (AvgIpc) is 3.15. The minimum absolute atomic E-state index is 0.116. The largest absolute Gasteiger partial charge is 0.382 e. The molecule has 2 aromatic rings. The van der Waals surface area contributed by atoms with Crippen LogP contribution in [0.2, 0.25) is 0 Å². The Hall–Kier alpha value is -2.49. The summed E-state index contributed by atoms with van der Waals surface area (Å²) in [5.41, 5.74) is 2.44. The van der Waals surface area contributed by atoms with Crippen molar-refractivity contribution in [3.05, 3.63) is 47.0 Å². The first-order valence-corrected chi connectivity index (χ1v) is 9.58. The molecule has 2 heterocycles. The predicted octanol–water partition coefficient (Wildman–Crippen LogP) is 3.46. The Labute approximate surface area is 167 Å².